The Bertz CT molecular complexity index is 683. The molecule has 0 spiro atoms. The molecule has 0 saturated carbocycles. The van der Waals surface area contributed by atoms with Gasteiger partial charge in [-0.05, 0) is 12.1 Å². The summed E-state index contributed by atoms with van der Waals surface area (Å²) in [4.78, 5) is 18.5. The lowest BCUT2D eigenvalue weighted by Crippen LogP contribution is -2.46. The van der Waals surface area contributed by atoms with Crippen molar-refractivity contribution in [1.82, 2.24) is 15.2 Å². The third kappa shape index (κ3) is 3.71. The predicted octanol–water partition coefficient (Wildman–Crippen LogP) is 1.48. The molecule has 1 aromatic heterocycles. The van der Waals surface area contributed by atoms with E-state index >= 15 is 0 Å². The van der Waals surface area contributed by atoms with E-state index in [9.17, 15) is 4.79 Å². The van der Waals surface area contributed by atoms with E-state index in [4.69, 9.17) is 4.74 Å². The Labute approximate surface area is 135 Å². The number of carbonyl (C=O) groups is 1. The molecule has 1 fully saturated rings. The number of benzene rings is 1. The van der Waals surface area contributed by atoms with E-state index in [2.05, 4.69) is 15.6 Å². The van der Waals surface area contributed by atoms with Crippen molar-refractivity contribution >= 4 is 22.5 Å². The number of nitrogens with one attached hydrogen (secondary N) is 2. The zero-order valence-electron chi connectivity index (χ0n) is 13.3. The van der Waals surface area contributed by atoms with Crippen molar-refractivity contribution in [1.29, 1.82) is 0 Å². The number of pyridine rings is 1. The molecule has 122 valence electrons. The largest absolute Gasteiger partial charge is 0.497 e. The summed E-state index contributed by atoms with van der Waals surface area (Å²) in [6, 6.07) is 7.78. The predicted molar refractivity (Wildman–Crippen MR) is 90.9 cm³/mol. The third-order valence-electron chi connectivity index (χ3n) is 4.04. The van der Waals surface area contributed by atoms with Gasteiger partial charge in [0.2, 0.25) is 5.91 Å². The molecule has 23 heavy (non-hydrogen) atoms. The fraction of sp³-hybridized carbons (Fsp3) is 0.412. The second-order valence-corrected chi connectivity index (χ2v) is 5.56. The quantitative estimate of drug-likeness (QED) is 0.875. The third-order valence-corrected chi connectivity index (χ3v) is 4.04. The Balaban J connectivity index is 1.65. The molecule has 6 heteroatoms. The Morgan fingerprint density at radius 3 is 3.00 bits per heavy atom. The Kier molecular flexibility index (Phi) is 4.92. The highest BCUT2D eigenvalue weighted by atomic mass is 16.5. The molecule has 1 aliphatic rings. The number of ether oxygens (including phenoxy) is 1. The van der Waals surface area contributed by atoms with E-state index in [-0.39, 0.29) is 5.91 Å². The summed E-state index contributed by atoms with van der Waals surface area (Å²) < 4.78 is 5.34. The number of anilines is 1. The van der Waals surface area contributed by atoms with Crippen molar-refractivity contribution in [2.24, 2.45) is 0 Å². The van der Waals surface area contributed by atoms with Crippen LogP contribution in [0.25, 0.3) is 10.9 Å². The van der Waals surface area contributed by atoms with Gasteiger partial charge in [-0.15, -0.1) is 0 Å². The zero-order chi connectivity index (χ0) is 16.1. The van der Waals surface area contributed by atoms with Gasteiger partial charge in [0.1, 0.15) is 5.75 Å². The molecular weight excluding hydrogens is 292 g/mol. The van der Waals surface area contributed by atoms with Crippen molar-refractivity contribution < 1.29 is 9.53 Å². The molecule has 0 atom stereocenters. The average molecular weight is 314 g/mol. The number of methoxy groups -OCH3 is 1. The minimum atomic E-state index is 0.194. The molecule has 0 radical (unpaired) electrons. The molecule has 1 aromatic carbocycles. The molecule has 0 unspecified atom stereocenters. The lowest BCUT2D eigenvalue weighted by atomic mass is 10.1. The number of piperazine rings is 1. The van der Waals surface area contributed by atoms with Crippen LogP contribution in [0.2, 0.25) is 0 Å². The summed E-state index contributed by atoms with van der Waals surface area (Å²) in [5.74, 6) is 0.973. The zero-order valence-corrected chi connectivity index (χ0v) is 13.3. The molecule has 6 nitrogen and oxygen atoms in total. The summed E-state index contributed by atoms with van der Waals surface area (Å²) in [7, 11) is 1.65. The molecule has 2 heterocycles. The first-order chi connectivity index (χ1) is 11.3. The van der Waals surface area contributed by atoms with Gasteiger partial charge in [-0.2, -0.15) is 0 Å². The molecule has 1 aliphatic heterocycles. The van der Waals surface area contributed by atoms with E-state index in [0.29, 0.717) is 13.0 Å². The minimum absolute atomic E-state index is 0.194. The number of rotatable bonds is 5. The van der Waals surface area contributed by atoms with Gasteiger partial charge in [0, 0.05) is 56.8 Å². The highest BCUT2D eigenvalue weighted by Gasteiger charge is 2.15. The second-order valence-electron chi connectivity index (χ2n) is 5.56. The summed E-state index contributed by atoms with van der Waals surface area (Å²) in [6.07, 6.45) is 2.25. The van der Waals surface area contributed by atoms with Crippen LogP contribution in [-0.4, -0.2) is 55.6 Å². The van der Waals surface area contributed by atoms with Gasteiger partial charge in [-0.1, -0.05) is 6.07 Å². The van der Waals surface area contributed by atoms with E-state index in [0.717, 1.165) is 48.5 Å². The first kappa shape index (κ1) is 15.6. The maximum Gasteiger partial charge on any atom is 0.224 e. The fourth-order valence-electron chi connectivity index (χ4n) is 2.79. The molecule has 1 amide bonds. The SMILES string of the molecule is COc1cc(NCCC(=O)N2CCNCC2)c2ncccc2c1. The van der Waals surface area contributed by atoms with Gasteiger partial charge in [0.25, 0.3) is 0 Å². The topological polar surface area (TPSA) is 66.5 Å². The summed E-state index contributed by atoms with van der Waals surface area (Å²) in [5, 5.41) is 7.60. The number of aromatic nitrogens is 1. The van der Waals surface area contributed by atoms with Gasteiger partial charge < -0.3 is 20.3 Å². The number of hydrogen-bond donors (Lipinski definition) is 2. The van der Waals surface area contributed by atoms with Gasteiger partial charge in [-0.25, -0.2) is 0 Å². The van der Waals surface area contributed by atoms with Gasteiger partial charge >= 0.3 is 0 Å². The fourth-order valence-corrected chi connectivity index (χ4v) is 2.79. The standard InChI is InChI=1S/C17H22N4O2/c1-23-14-11-13-3-2-5-20-17(13)15(12-14)19-6-4-16(22)21-9-7-18-8-10-21/h2-3,5,11-12,18-19H,4,6-10H2,1H3. The summed E-state index contributed by atoms with van der Waals surface area (Å²) >= 11 is 0. The maximum absolute atomic E-state index is 12.2. The van der Waals surface area contributed by atoms with Crippen molar-refractivity contribution in [3.05, 3.63) is 30.5 Å². The maximum atomic E-state index is 12.2. The van der Waals surface area contributed by atoms with E-state index in [1.54, 1.807) is 13.3 Å². The van der Waals surface area contributed by atoms with Gasteiger partial charge in [0.15, 0.2) is 0 Å². The minimum Gasteiger partial charge on any atom is -0.497 e. The van der Waals surface area contributed by atoms with Crippen molar-refractivity contribution in [3.63, 3.8) is 0 Å². The first-order valence-corrected chi connectivity index (χ1v) is 7.93. The lowest BCUT2D eigenvalue weighted by molar-refractivity contribution is -0.131. The highest BCUT2D eigenvalue weighted by Crippen LogP contribution is 2.27. The number of hydrogen-bond acceptors (Lipinski definition) is 5. The normalized spacial score (nSPS) is 14.7. The van der Waals surface area contributed by atoms with Crippen LogP contribution in [0, 0.1) is 0 Å². The van der Waals surface area contributed by atoms with E-state index < -0.39 is 0 Å². The van der Waals surface area contributed by atoms with Crippen LogP contribution >= 0.6 is 0 Å². The molecule has 1 saturated heterocycles. The van der Waals surface area contributed by atoms with Crippen LogP contribution in [0.15, 0.2) is 30.5 Å². The molecule has 0 bridgehead atoms. The number of carbonyl (C=O) groups excluding carboxylic acids is 1. The van der Waals surface area contributed by atoms with Crippen molar-refractivity contribution in [2.45, 2.75) is 6.42 Å². The number of fused-ring (bicyclic) bond motifs is 1. The smallest absolute Gasteiger partial charge is 0.224 e. The molecule has 2 N–H and O–H groups in total. The molecule has 2 aromatic rings. The monoisotopic (exact) mass is 314 g/mol. The highest BCUT2D eigenvalue weighted by molar-refractivity contribution is 5.92. The van der Waals surface area contributed by atoms with E-state index in [1.807, 2.05) is 29.2 Å². The lowest BCUT2D eigenvalue weighted by Gasteiger charge is -2.27. The van der Waals surface area contributed by atoms with Crippen LogP contribution < -0.4 is 15.4 Å². The summed E-state index contributed by atoms with van der Waals surface area (Å²) in [6.45, 7) is 3.93. The average Bonchev–Trinajstić information content (AvgIpc) is 2.62. The van der Waals surface area contributed by atoms with Crippen molar-refractivity contribution in [2.75, 3.05) is 45.2 Å². The number of amides is 1. The van der Waals surface area contributed by atoms with Crippen LogP contribution in [0.1, 0.15) is 6.42 Å². The van der Waals surface area contributed by atoms with Crippen molar-refractivity contribution in [3.8, 4) is 5.75 Å². The number of nitrogens with zero attached hydrogens (tertiary/aromatic N) is 2. The van der Waals surface area contributed by atoms with Gasteiger partial charge in [0.05, 0.1) is 18.3 Å². The molecule has 0 aliphatic carbocycles. The van der Waals surface area contributed by atoms with Gasteiger partial charge in [-0.3, -0.25) is 9.78 Å². The second kappa shape index (κ2) is 7.28. The van der Waals surface area contributed by atoms with Crippen LogP contribution in [0.5, 0.6) is 5.75 Å². The first-order valence-electron chi connectivity index (χ1n) is 7.93. The van der Waals surface area contributed by atoms with Crippen LogP contribution in [0.3, 0.4) is 0 Å². The Morgan fingerprint density at radius 2 is 2.22 bits per heavy atom. The molecular formula is C17H22N4O2. The van der Waals surface area contributed by atoms with Crippen LogP contribution in [-0.2, 0) is 4.79 Å². The summed E-state index contributed by atoms with van der Waals surface area (Å²) in [5.41, 5.74) is 1.79. The molecule has 3 rings (SSSR count). The Hall–Kier alpha value is -2.34. The van der Waals surface area contributed by atoms with E-state index in [1.165, 1.54) is 0 Å². The Morgan fingerprint density at radius 1 is 1.39 bits per heavy atom. The van der Waals surface area contributed by atoms with Crippen LogP contribution in [0.4, 0.5) is 5.69 Å².